The molecule has 5 aliphatic rings. The number of terminal acetylenes is 2. The molecular formula is C38H32O4. The smallest absolute Gasteiger partial charge is 0.171 e. The van der Waals surface area contributed by atoms with Gasteiger partial charge in [-0.3, -0.25) is 0 Å². The second-order valence-electron chi connectivity index (χ2n) is 13.7. The van der Waals surface area contributed by atoms with Gasteiger partial charge in [0.25, 0.3) is 0 Å². The van der Waals surface area contributed by atoms with Crippen LogP contribution in [0.15, 0.2) is 65.6 Å². The second-order valence-corrected chi connectivity index (χ2v) is 13.7. The van der Waals surface area contributed by atoms with E-state index in [9.17, 15) is 0 Å². The highest BCUT2D eigenvalue weighted by atomic mass is 16.6. The van der Waals surface area contributed by atoms with Gasteiger partial charge < -0.3 is 18.9 Å². The van der Waals surface area contributed by atoms with Crippen molar-refractivity contribution in [2.75, 3.05) is 0 Å². The molecule has 3 aliphatic carbocycles. The molecule has 2 heterocycles. The minimum atomic E-state index is -0.201. The highest BCUT2D eigenvalue weighted by Gasteiger charge is 2.57. The maximum absolute atomic E-state index is 6.57. The minimum absolute atomic E-state index is 0.0769. The fraction of sp³-hybridized carbons (Fsp3) is 0.316. The highest BCUT2D eigenvalue weighted by molar-refractivity contribution is 5.68. The first-order valence-corrected chi connectivity index (χ1v) is 14.6. The van der Waals surface area contributed by atoms with Gasteiger partial charge in [0.1, 0.15) is 5.76 Å². The van der Waals surface area contributed by atoms with Crippen LogP contribution in [0.25, 0.3) is 0 Å². The topological polar surface area (TPSA) is 36.9 Å². The first-order chi connectivity index (χ1) is 20.0. The van der Waals surface area contributed by atoms with Crippen molar-refractivity contribution in [2.45, 2.75) is 70.1 Å². The first-order valence-electron chi connectivity index (χ1n) is 14.6. The quantitative estimate of drug-likeness (QED) is 0.204. The third kappa shape index (κ3) is 3.33. The van der Waals surface area contributed by atoms with Crippen LogP contribution in [0, 0.1) is 30.6 Å². The SMILES string of the molecule is C#CC1=CC2=C(CC1C)Oc1cc3c(cc1O2)C(C)(C)CC31CC(C)(C)c2cc3c(cc21)Oc1ccc(C#C)cc1O3. The van der Waals surface area contributed by atoms with Crippen LogP contribution in [0.5, 0.6) is 34.5 Å². The zero-order valence-corrected chi connectivity index (χ0v) is 24.6. The van der Waals surface area contributed by atoms with E-state index in [-0.39, 0.29) is 22.2 Å². The molecule has 2 atom stereocenters. The Morgan fingerprint density at radius 3 is 1.83 bits per heavy atom. The van der Waals surface area contributed by atoms with E-state index in [1.54, 1.807) is 0 Å². The number of benzene rings is 3. The van der Waals surface area contributed by atoms with Crippen LogP contribution in [0.3, 0.4) is 0 Å². The molecule has 2 unspecified atom stereocenters. The predicted octanol–water partition coefficient (Wildman–Crippen LogP) is 8.80. The van der Waals surface area contributed by atoms with Crippen LogP contribution >= 0.6 is 0 Å². The third-order valence-corrected chi connectivity index (χ3v) is 9.90. The maximum Gasteiger partial charge on any atom is 0.171 e. The van der Waals surface area contributed by atoms with Crippen molar-refractivity contribution in [3.8, 4) is 59.2 Å². The molecule has 4 nitrogen and oxygen atoms in total. The normalized spacial score (nSPS) is 24.5. The van der Waals surface area contributed by atoms with Gasteiger partial charge in [-0.05, 0) is 94.3 Å². The lowest BCUT2D eigenvalue weighted by atomic mass is 9.72. The van der Waals surface area contributed by atoms with Crippen LogP contribution in [-0.4, -0.2) is 0 Å². The van der Waals surface area contributed by atoms with Gasteiger partial charge in [0.15, 0.2) is 40.3 Å². The van der Waals surface area contributed by atoms with E-state index in [2.05, 4.69) is 70.7 Å². The Bertz CT molecular complexity index is 1900. The van der Waals surface area contributed by atoms with Crippen molar-refractivity contribution in [1.29, 1.82) is 0 Å². The molecule has 0 radical (unpaired) electrons. The Labute approximate surface area is 247 Å². The molecular weight excluding hydrogens is 520 g/mol. The molecule has 0 aromatic heterocycles. The Balaban J connectivity index is 1.26. The highest BCUT2D eigenvalue weighted by Crippen LogP contribution is 2.66. The van der Waals surface area contributed by atoms with Crippen molar-refractivity contribution < 1.29 is 18.9 Å². The van der Waals surface area contributed by atoms with E-state index in [1.807, 2.05) is 24.3 Å². The summed E-state index contributed by atoms with van der Waals surface area (Å²) < 4.78 is 25.8. The maximum atomic E-state index is 6.57. The molecule has 3 aromatic rings. The molecule has 8 rings (SSSR count). The van der Waals surface area contributed by atoms with Gasteiger partial charge in [-0.2, -0.15) is 0 Å². The van der Waals surface area contributed by atoms with Gasteiger partial charge in [0.2, 0.25) is 0 Å². The summed E-state index contributed by atoms with van der Waals surface area (Å²) in [4.78, 5) is 0. The number of rotatable bonds is 0. The van der Waals surface area contributed by atoms with E-state index in [0.29, 0.717) is 11.5 Å². The van der Waals surface area contributed by atoms with E-state index >= 15 is 0 Å². The summed E-state index contributed by atoms with van der Waals surface area (Å²) in [6.07, 6.45) is 16.0. The zero-order chi connectivity index (χ0) is 29.2. The summed E-state index contributed by atoms with van der Waals surface area (Å²) in [6.45, 7) is 11.5. The minimum Gasteiger partial charge on any atom is -0.454 e. The number of ether oxygens (including phenoxy) is 4. The van der Waals surface area contributed by atoms with Crippen LogP contribution < -0.4 is 18.9 Å². The Kier molecular flexibility index (Phi) is 4.83. The summed E-state index contributed by atoms with van der Waals surface area (Å²) in [5.41, 5.74) is 6.55. The van der Waals surface area contributed by atoms with Crippen LogP contribution in [0.1, 0.15) is 81.7 Å². The fourth-order valence-corrected chi connectivity index (χ4v) is 8.10. The van der Waals surface area contributed by atoms with Gasteiger partial charge in [0, 0.05) is 29.0 Å². The molecule has 2 aliphatic heterocycles. The summed E-state index contributed by atoms with van der Waals surface area (Å²) >= 11 is 0. The van der Waals surface area contributed by atoms with Crippen LogP contribution in [0.4, 0.5) is 0 Å². The van der Waals surface area contributed by atoms with E-state index in [0.717, 1.165) is 64.9 Å². The number of hydrogen-bond donors (Lipinski definition) is 0. The first kappa shape index (κ1) is 25.2. The molecule has 208 valence electrons. The van der Waals surface area contributed by atoms with E-state index < -0.39 is 0 Å². The summed E-state index contributed by atoms with van der Waals surface area (Å²) in [5, 5.41) is 0. The average molecular weight is 553 g/mol. The second kappa shape index (κ2) is 8.05. The van der Waals surface area contributed by atoms with Gasteiger partial charge in [-0.1, -0.05) is 46.5 Å². The lowest BCUT2D eigenvalue weighted by molar-refractivity contribution is 0.277. The van der Waals surface area contributed by atoms with Crippen LogP contribution in [0.2, 0.25) is 0 Å². The van der Waals surface area contributed by atoms with Crippen molar-refractivity contribution in [3.63, 3.8) is 0 Å². The summed E-state index contributed by atoms with van der Waals surface area (Å²) in [7, 11) is 0. The lowest BCUT2D eigenvalue weighted by Crippen LogP contribution is -2.27. The molecule has 4 heteroatoms. The molecule has 0 bridgehead atoms. The van der Waals surface area contributed by atoms with Gasteiger partial charge >= 0.3 is 0 Å². The van der Waals surface area contributed by atoms with Gasteiger partial charge in [0.05, 0.1) is 0 Å². The summed E-state index contributed by atoms with van der Waals surface area (Å²) in [5.74, 6) is 11.6. The molecule has 0 amide bonds. The van der Waals surface area contributed by atoms with Crippen LogP contribution in [-0.2, 0) is 16.2 Å². The van der Waals surface area contributed by atoms with E-state index in [1.165, 1.54) is 22.3 Å². The molecule has 0 saturated carbocycles. The number of fused-ring (bicyclic) bond motifs is 7. The zero-order valence-electron chi connectivity index (χ0n) is 24.6. The average Bonchev–Trinajstić information content (AvgIpc) is 3.30. The molecule has 0 fully saturated rings. The third-order valence-electron chi connectivity index (χ3n) is 9.90. The van der Waals surface area contributed by atoms with Gasteiger partial charge in [-0.25, -0.2) is 0 Å². The van der Waals surface area contributed by atoms with Crippen molar-refractivity contribution in [2.24, 2.45) is 5.92 Å². The Morgan fingerprint density at radius 1 is 0.667 bits per heavy atom. The monoisotopic (exact) mass is 552 g/mol. The summed E-state index contributed by atoms with van der Waals surface area (Å²) in [6, 6.07) is 14.5. The standard InChI is InChI=1S/C38H32O4/c1-8-22-10-11-28-30(13-22)41-32-15-24-26(17-34(32)39-28)38(19-36(24,4)5)20-37(6,7)25-16-33-35(18-27(25)38)40-29-12-21(3)23(9-2)14-31(29)42-33/h1-2,10-11,13-18,21H,12,19-20H2,3-7H3. The molecule has 1 spiro atoms. The van der Waals surface area contributed by atoms with Crippen molar-refractivity contribution >= 4 is 0 Å². The fourth-order valence-electron chi connectivity index (χ4n) is 8.10. The Hall–Kier alpha value is -4.54. The number of allylic oxidation sites excluding steroid dienone is 3. The van der Waals surface area contributed by atoms with Crippen molar-refractivity contribution in [3.05, 3.63) is 93.4 Å². The number of hydrogen-bond acceptors (Lipinski definition) is 4. The lowest BCUT2D eigenvalue weighted by Gasteiger charge is -2.32. The molecule has 0 saturated heterocycles. The predicted molar refractivity (Wildman–Crippen MR) is 162 cm³/mol. The molecule has 0 N–H and O–H groups in total. The van der Waals surface area contributed by atoms with Crippen molar-refractivity contribution in [1.82, 2.24) is 0 Å². The molecule has 42 heavy (non-hydrogen) atoms. The van der Waals surface area contributed by atoms with E-state index in [4.69, 9.17) is 31.8 Å². The molecule has 3 aromatic carbocycles. The Morgan fingerprint density at radius 2 is 1.21 bits per heavy atom. The largest absolute Gasteiger partial charge is 0.454 e. The van der Waals surface area contributed by atoms with Gasteiger partial charge in [-0.15, -0.1) is 12.8 Å².